The molecule has 5 N–H and O–H groups in total. The third-order valence-corrected chi connectivity index (χ3v) is 6.81. The van der Waals surface area contributed by atoms with E-state index in [1.54, 1.807) is 32.0 Å². The van der Waals surface area contributed by atoms with Gasteiger partial charge in [0.2, 0.25) is 11.4 Å². The van der Waals surface area contributed by atoms with Crippen LogP contribution >= 0.6 is 8.17 Å². The Kier molecular flexibility index (Phi) is 7.77. The lowest BCUT2D eigenvalue weighted by Gasteiger charge is -2.24. The molecule has 0 bridgehead atoms. The Morgan fingerprint density at radius 3 is 2.71 bits per heavy atom. The number of hydrogen-bond donors (Lipinski definition) is 4. The Morgan fingerprint density at radius 2 is 2.05 bits per heavy atom. The summed E-state index contributed by atoms with van der Waals surface area (Å²) in [5.41, 5.74) is 4.39. The van der Waals surface area contributed by atoms with E-state index in [0.717, 1.165) is 0 Å². The van der Waals surface area contributed by atoms with E-state index in [1.807, 2.05) is 6.07 Å². The van der Waals surface area contributed by atoms with Crippen molar-refractivity contribution in [1.29, 1.82) is 5.26 Å². The van der Waals surface area contributed by atoms with Crippen LogP contribution in [0, 0.1) is 17.2 Å². The number of nitrogen functional groups attached to an aromatic ring is 1. The summed E-state index contributed by atoms with van der Waals surface area (Å²) in [5, 5.41) is 45.0. The Bertz CT molecular complexity index is 1410. The molecule has 0 radical (unpaired) electrons. The van der Waals surface area contributed by atoms with Crippen LogP contribution in [0.4, 0.5) is 5.82 Å². The topological polar surface area (TPSA) is 221 Å². The number of carboxylic acids is 1. The molecule has 6 atom stereocenters. The van der Waals surface area contributed by atoms with Gasteiger partial charge < -0.3 is 35.4 Å². The Balaban J connectivity index is 1.54. The number of hydrogen-bond acceptors (Lipinski definition) is 12. The molecular formula is C23H25N6O8P. The molecule has 15 heteroatoms. The van der Waals surface area contributed by atoms with E-state index in [0.29, 0.717) is 5.52 Å². The van der Waals surface area contributed by atoms with Crippen molar-refractivity contribution in [3.05, 3.63) is 48.4 Å². The predicted octanol–water partition coefficient (Wildman–Crippen LogP) is 0.574. The van der Waals surface area contributed by atoms with E-state index in [2.05, 4.69) is 14.8 Å². The molecule has 1 aromatic carbocycles. The van der Waals surface area contributed by atoms with E-state index < -0.39 is 50.0 Å². The van der Waals surface area contributed by atoms with Gasteiger partial charge in [0, 0.05) is 0 Å². The van der Waals surface area contributed by atoms with Gasteiger partial charge in [0.1, 0.15) is 42.8 Å². The number of para-hydroxylation sites is 2. The van der Waals surface area contributed by atoms with Gasteiger partial charge >= 0.3 is 14.1 Å². The van der Waals surface area contributed by atoms with Crippen molar-refractivity contribution < 1.29 is 39.0 Å². The minimum atomic E-state index is -2.75. The maximum Gasteiger partial charge on any atom is 0.395 e. The number of ether oxygens (including phenoxy) is 2. The van der Waals surface area contributed by atoms with Crippen LogP contribution in [-0.4, -0.2) is 66.8 Å². The Morgan fingerprint density at radius 1 is 1.34 bits per heavy atom. The zero-order valence-electron chi connectivity index (χ0n) is 20.3. The van der Waals surface area contributed by atoms with Gasteiger partial charge in [-0.15, -0.1) is 0 Å². The third kappa shape index (κ3) is 4.98. The third-order valence-electron chi connectivity index (χ3n) is 6.02. The highest BCUT2D eigenvalue weighted by Gasteiger charge is 2.57. The molecule has 14 nitrogen and oxygen atoms in total. The molecule has 1 aliphatic rings. The Hall–Kier alpha value is -3.86. The predicted molar refractivity (Wildman–Crippen MR) is 130 cm³/mol. The summed E-state index contributed by atoms with van der Waals surface area (Å²) >= 11 is 0. The fraction of sp³-hybridized carbons (Fsp3) is 0.391. The number of nitrogens with zero attached hydrogens (tertiary/aromatic N) is 5. The SMILES string of the molecule is CC(C)C(N=[P+]([O-])Oc1ccccc1OC[C@H]1O[C@@](C#N)(c2ccc3c(N)ncnn23)[C@H](O)[C@@H]1O)C(=O)O. The first-order valence-corrected chi connectivity index (χ1v) is 12.6. The number of carboxylic acid groups (broad SMARTS) is 1. The van der Waals surface area contributed by atoms with Crippen molar-refractivity contribution in [3.8, 4) is 17.6 Å². The summed E-state index contributed by atoms with van der Waals surface area (Å²) in [4.78, 5) is 27.7. The van der Waals surface area contributed by atoms with Crippen molar-refractivity contribution in [1.82, 2.24) is 14.6 Å². The van der Waals surface area contributed by atoms with Gasteiger partial charge in [0.25, 0.3) is 0 Å². The summed E-state index contributed by atoms with van der Waals surface area (Å²) < 4.78 is 22.0. The summed E-state index contributed by atoms with van der Waals surface area (Å²) in [7, 11) is -2.75. The number of anilines is 1. The molecule has 0 spiro atoms. The van der Waals surface area contributed by atoms with Crippen molar-refractivity contribution >= 4 is 25.5 Å². The van der Waals surface area contributed by atoms with Crippen LogP contribution in [0.3, 0.4) is 0 Å². The number of aliphatic hydroxyl groups is 2. The van der Waals surface area contributed by atoms with Gasteiger partial charge in [-0.05, 0) is 30.2 Å². The van der Waals surface area contributed by atoms with Crippen LogP contribution in [0.15, 0.2) is 47.5 Å². The highest BCUT2D eigenvalue weighted by molar-refractivity contribution is 7.34. The van der Waals surface area contributed by atoms with Crippen molar-refractivity contribution in [3.63, 3.8) is 0 Å². The molecule has 200 valence electrons. The molecule has 1 fully saturated rings. The molecule has 4 rings (SSSR count). The largest absolute Gasteiger partial charge is 0.575 e. The average Bonchev–Trinajstić information content (AvgIpc) is 3.42. The van der Waals surface area contributed by atoms with Crippen molar-refractivity contribution in [2.24, 2.45) is 10.7 Å². The minimum absolute atomic E-state index is 0.00889. The molecule has 2 unspecified atom stereocenters. The smallest absolute Gasteiger partial charge is 0.395 e. The first-order chi connectivity index (χ1) is 18.1. The standard InChI is InChI=1S/C23H25N6O8P/c1-12(2)18(22(32)33)28-38(34)37-15-6-4-3-5-14(15)35-9-16-19(30)20(31)23(10-24,36-16)17-8-7-13-21(25)26-11-27-29(13)17/h3-8,11-12,16,18-20,30-31H,9H2,1-2H3,(H,32,33)(H2,25,26,27)/t16-,18?,19-,20-,23+/m1/s1. The second kappa shape index (κ2) is 10.9. The molecule has 3 heterocycles. The molecule has 0 saturated carbocycles. The summed E-state index contributed by atoms with van der Waals surface area (Å²) in [5.74, 6) is -1.38. The fourth-order valence-corrected chi connectivity index (χ4v) is 4.98. The van der Waals surface area contributed by atoms with Gasteiger partial charge in [0.15, 0.2) is 17.6 Å². The second-order valence-electron chi connectivity index (χ2n) is 8.83. The van der Waals surface area contributed by atoms with Gasteiger partial charge in [-0.3, -0.25) is 4.52 Å². The fourth-order valence-electron chi connectivity index (χ4n) is 4.04. The van der Waals surface area contributed by atoms with Gasteiger partial charge in [-0.25, -0.2) is 14.3 Å². The molecule has 1 aliphatic heterocycles. The first-order valence-electron chi connectivity index (χ1n) is 11.4. The second-order valence-corrected chi connectivity index (χ2v) is 9.72. The first kappa shape index (κ1) is 27.2. The highest BCUT2D eigenvalue weighted by atomic mass is 31.1. The highest BCUT2D eigenvalue weighted by Crippen LogP contribution is 2.41. The van der Waals surface area contributed by atoms with Crippen molar-refractivity contribution in [2.45, 2.75) is 43.8 Å². The lowest BCUT2D eigenvalue weighted by Crippen LogP contribution is -2.41. The lowest BCUT2D eigenvalue weighted by molar-refractivity contribution is -0.169. The van der Waals surface area contributed by atoms with Gasteiger partial charge in [-0.1, -0.05) is 30.7 Å². The zero-order chi connectivity index (χ0) is 27.6. The molecule has 1 saturated heterocycles. The zero-order valence-corrected chi connectivity index (χ0v) is 21.2. The number of benzene rings is 1. The minimum Gasteiger partial charge on any atom is -0.575 e. The quantitative estimate of drug-likeness (QED) is 0.272. The van der Waals surface area contributed by atoms with Gasteiger partial charge in [0.05, 0.1) is 5.69 Å². The van der Waals surface area contributed by atoms with E-state index in [1.165, 1.54) is 29.0 Å². The maximum atomic E-state index is 12.4. The molecular weight excluding hydrogens is 519 g/mol. The van der Waals surface area contributed by atoms with E-state index in [9.17, 15) is 30.3 Å². The molecule has 3 aromatic rings. The number of aliphatic hydroxyl groups excluding tert-OH is 2. The van der Waals surface area contributed by atoms with Crippen molar-refractivity contribution in [2.75, 3.05) is 12.3 Å². The summed E-state index contributed by atoms with van der Waals surface area (Å²) in [6, 6.07) is 9.90. The number of nitriles is 1. The van der Waals surface area contributed by atoms with Crippen LogP contribution in [-0.2, 0) is 15.1 Å². The number of aliphatic carboxylic acids is 1. The number of carbonyl (C=O) groups is 1. The number of rotatable bonds is 9. The molecule has 2 aromatic heterocycles. The van der Waals surface area contributed by atoms with E-state index in [-0.39, 0.29) is 29.6 Å². The maximum absolute atomic E-state index is 12.4. The van der Waals surface area contributed by atoms with Crippen LogP contribution < -0.4 is 19.9 Å². The van der Waals surface area contributed by atoms with Crippen LogP contribution in [0.5, 0.6) is 11.5 Å². The van der Waals surface area contributed by atoms with Crippen LogP contribution in [0.1, 0.15) is 19.5 Å². The van der Waals surface area contributed by atoms with E-state index >= 15 is 0 Å². The average molecular weight is 544 g/mol. The molecule has 0 amide bonds. The monoisotopic (exact) mass is 544 g/mol. The van der Waals surface area contributed by atoms with Gasteiger partial charge in [-0.2, -0.15) is 10.4 Å². The molecule has 38 heavy (non-hydrogen) atoms. The van der Waals surface area contributed by atoms with E-state index in [4.69, 9.17) is 19.7 Å². The Labute approximate surface area is 217 Å². The van der Waals surface area contributed by atoms with Crippen LogP contribution in [0.25, 0.3) is 5.52 Å². The molecule has 0 aliphatic carbocycles. The summed E-state index contributed by atoms with van der Waals surface area (Å²) in [6.45, 7) is 2.92. The number of nitrogens with two attached hydrogens (primary N) is 1. The van der Waals surface area contributed by atoms with Crippen LogP contribution in [0.2, 0.25) is 0 Å². The lowest BCUT2D eigenvalue weighted by atomic mass is 9.92. The normalized spacial score (nSPS) is 24.3. The number of fused-ring (bicyclic) bond motifs is 1. The summed E-state index contributed by atoms with van der Waals surface area (Å²) in [6.07, 6.45) is -3.18. The number of aromatic nitrogens is 3.